The molecule has 0 atom stereocenters. The Kier molecular flexibility index (Phi) is 3.92. The van der Waals surface area contributed by atoms with E-state index < -0.39 is 0 Å². The number of thiocarbonyl (C=S) groups is 1. The Morgan fingerprint density at radius 3 is 2.32 bits per heavy atom. The van der Waals surface area contributed by atoms with Crippen LogP contribution in [0.2, 0.25) is 0 Å². The largest absolute Gasteiger partial charge is 0.389 e. The average molecular weight is 270 g/mol. The van der Waals surface area contributed by atoms with E-state index in [9.17, 15) is 4.79 Å². The van der Waals surface area contributed by atoms with Gasteiger partial charge in [-0.3, -0.25) is 4.79 Å². The van der Waals surface area contributed by atoms with Gasteiger partial charge >= 0.3 is 0 Å². The third-order valence-corrected chi connectivity index (χ3v) is 3.08. The van der Waals surface area contributed by atoms with Gasteiger partial charge in [-0.15, -0.1) is 0 Å². The first-order chi connectivity index (χ1) is 9.09. The molecule has 0 aliphatic rings. The van der Waals surface area contributed by atoms with Crippen molar-refractivity contribution in [2.75, 3.05) is 11.9 Å². The zero-order valence-corrected chi connectivity index (χ0v) is 11.4. The molecule has 2 N–H and O–H groups in total. The number of hydrogen-bond acceptors (Lipinski definition) is 2. The van der Waals surface area contributed by atoms with Gasteiger partial charge in [0.25, 0.3) is 5.91 Å². The number of nitrogens with zero attached hydrogens (tertiary/aromatic N) is 1. The van der Waals surface area contributed by atoms with Crippen molar-refractivity contribution in [3.8, 4) is 0 Å². The molecule has 96 valence electrons. The molecule has 4 heteroatoms. The third kappa shape index (κ3) is 2.98. The van der Waals surface area contributed by atoms with Crippen LogP contribution in [-0.2, 0) is 0 Å². The molecule has 0 heterocycles. The molecule has 0 radical (unpaired) electrons. The van der Waals surface area contributed by atoms with Crippen LogP contribution >= 0.6 is 12.2 Å². The summed E-state index contributed by atoms with van der Waals surface area (Å²) in [6.45, 7) is 0. The zero-order valence-electron chi connectivity index (χ0n) is 10.5. The first-order valence-electron chi connectivity index (χ1n) is 5.82. The number of amides is 1. The van der Waals surface area contributed by atoms with E-state index in [0.717, 1.165) is 11.3 Å². The van der Waals surface area contributed by atoms with Crippen LogP contribution in [0.3, 0.4) is 0 Å². The molecule has 0 saturated carbocycles. The fourth-order valence-corrected chi connectivity index (χ4v) is 1.89. The summed E-state index contributed by atoms with van der Waals surface area (Å²) in [4.78, 5) is 14.2. The van der Waals surface area contributed by atoms with Gasteiger partial charge in [0.2, 0.25) is 0 Å². The van der Waals surface area contributed by atoms with Crippen LogP contribution in [0, 0.1) is 0 Å². The van der Waals surface area contributed by atoms with Crippen LogP contribution in [0.25, 0.3) is 0 Å². The fraction of sp³-hybridized carbons (Fsp3) is 0.0667. The van der Waals surface area contributed by atoms with E-state index in [4.69, 9.17) is 18.0 Å². The minimum atomic E-state index is -0.0688. The first-order valence-corrected chi connectivity index (χ1v) is 6.23. The van der Waals surface area contributed by atoms with Gasteiger partial charge in [-0.05, 0) is 24.3 Å². The summed E-state index contributed by atoms with van der Waals surface area (Å²) in [7, 11) is 1.73. The summed E-state index contributed by atoms with van der Waals surface area (Å²) < 4.78 is 0. The van der Waals surface area contributed by atoms with Crippen molar-refractivity contribution in [2.24, 2.45) is 5.73 Å². The lowest BCUT2D eigenvalue weighted by molar-refractivity contribution is 0.0993. The molecule has 0 unspecified atom stereocenters. The van der Waals surface area contributed by atoms with E-state index >= 15 is 0 Å². The molecular formula is C15H14N2OS. The summed E-state index contributed by atoms with van der Waals surface area (Å²) in [5.41, 5.74) is 7.76. The van der Waals surface area contributed by atoms with Crippen LogP contribution in [-0.4, -0.2) is 17.9 Å². The van der Waals surface area contributed by atoms with Gasteiger partial charge in [0.15, 0.2) is 0 Å². The first kappa shape index (κ1) is 13.2. The highest BCUT2D eigenvalue weighted by molar-refractivity contribution is 7.80. The van der Waals surface area contributed by atoms with Gasteiger partial charge in [-0.1, -0.05) is 42.5 Å². The van der Waals surface area contributed by atoms with Gasteiger partial charge in [0.05, 0.1) is 0 Å². The van der Waals surface area contributed by atoms with Gasteiger partial charge in [0.1, 0.15) is 4.99 Å². The summed E-state index contributed by atoms with van der Waals surface area (Å²) in [6.07, 6.45) is 0. The molecule has 1 amide bonds. The maximum Gasteiger partial charge on any atom is 0.258 e. The molecule has 0 aromatic heterocycles. The second-order valence-corrected chi connectivity index (χ2v) is 4.58. The number of hydrogen-bond donors (Lipinski definition) is 1. The number of rotatable bonds is 3. The molecule has 0 fully saturated rings. The zero-order chi connectivity index (χ0) is 13.8. The van der Waals surface area contributed by atoms with E-state index in [0.29, 0.717) is 10.6 Å². The molecule has 0 aliphatic carbocycles. The van der Waals surface area contributed by atoms with Gasteiger partial charge < -0.3 is 10.6 Å². The Hall–Kier alpha value is -2.20. The predicted molar refractivity (Wildman–Crippen MR) is 81.5 cm³/mol. The Bertz CT molecular complexity index is 611. The van der Waals surface area contributed by atoms with Crippen molar-refractivity contribution in [1.29, 1.82) is 0 Å². The lowest BCUT2D eigenvalue weighted by Crippen LogP contribution is -2.26. The summed E-state index contributed by atoms with van der Waals surface area (Å²) in [5, 5.41) is 0. The Morgan fingerprint density at radius 2 is 1.68 bits per heavy atom. The minimum Gasteiger partial charge on any atom is -0.389 e. The van der Waals surface area contributed by atoms with Crippen molar-refractivity contribution in [2.45, 2.75) is 0 Å². The van der Waals surface area contributed by atoms with Crippen LogP contribution < -0.4 is 10.6 Å². The van der Waals surface area contributed by atoms with Gasteiger partial charge in [0, 0.05) is 23.9 Å². The maximum absolute atomic E-state index is 12.3. The van der Waals surface area contributed by atoms with Crippen molar-refractivity contribution < 1.29 is 4.79 Å². The van der Waals surface area contributed by atoms with Crippen molar-refractivity contribution in [3.63, 3.8) is 0 Å². The second-order valence-electron chi connectivity index (χ2n) is 4.14. The number of carbonyl (C=O) groups is 1. The van der Waals surface area contributed by atoms with Crippen LogP contribution in [0.5, 0.6) is 0 Å². The highest BCUT2D eigenvalue weighted by Gasteiger charge is 2.13. The minimum absolute atomic E-state index is 0.0688. The molecule has 2 aromatic rings. The van der Waals surface area contributed by atoms with E-state index in [1.165, 1.54) is 0 Å². The van der Waals surface area contributed by atoms with Crippen molar-refractivity contribution in [1.82, 2.24) is 0 Å². The molecule has 2 rings (SSSR count). The summed E-state index contributed by atoms with van der Waals surface area (Å²) >= 11 is 4.94. The number of nitrogens with two attached hydrogens (primary N) is 1. The van der Waals surface area contributed by atoms with Gasteiger partial charge in [-0.25, -0.2) is 0 Å². The van der Waals surface area contributed by atoms with Crippen LogP contribution in [0.4, 0.5) is 5.69 Å². The summed E-state index contributed by atoms with van der Waals surface area (Å²) in [6, 6.07) is 16.5. The quantitative estimate of drug-likeness (QED) is 0.872. The van der Waals surface area contributed by atoms with E-state index in [2.05, 4.69) is 0 Å². The molecule has 0 spiro atoms. The lowest BCUT2D eigenvalue weighted by atomic mass is 10.1. The maximum atomic E-state index is 12.3. The topological polar surface area (TPSA) is 46.3 Å². The van der Waals surface area contributed by atoms with Gasteiger partial charge in [-0.2, -0.15) is 0 Å². The number of carbonyl (C=O) groups excluding carboxylic acids is 1. The molecule has 19 heavy (non-hydrogen) atoms. The third-order valence-electron chi connectivity index (χ3n) is 2.84. The van der Waals surface area contributed by atoms with Crippen molar-refractivity contribution >= 4 is 28.8 Å². The number of anilines is 1. The molecule has 0 saturated heterocycles. The van der Waals surface area contributed by atoms with E-state index in [-0.39, 0.29) is 5.91 Å². The SMILES string of the molecule is CN(C(=O)c1ccccc1)c1cccc(C(N)=S)c1. The highest BCUT2D eigenvalue weighted by atomic mass is 32.1. The van der Waals surface area contributed by atoms with Crippen molar-refractivity contribution in [3.05, 3.63) is 65.7 Å². The average Bonchev–Trinajstić information content (AvgIpc) is 2.46. The Morgan fingerprint density at radius 1 is 1.05 bits per heavy atom. The summed E-state index contributed by atoms with van der Waals surface area (Å²) in [5.74, 6) is -0.0688. The smallest absolute Gasteiger partial charge is 0.258 e. The van der Waals surface area contributed by atoms with E-state index in [1.807, 2.05) is 42.5 Å². The standard InChI is InChI=1S/C15H14N2OS/c1-17(15(18)11-6-3-2-4-7-11)13-9-5-8-12(10-13)14(16)19/h2-10H,1H3,(H2,16,19). The Labute approximate surface area is 117 Å². The van der Waals surface area contributed by atoms with Crippen LogP contribution in [0.15, 0.2) is 54.6 Å². The molecule has 3 nitrogen and oxygen atoms in total. The second kappa shape index (κ2) is 5.63. The van der Waals surface area contributed by atoms with E-state index in [1.54, 1.807) is 24.1 Å². The number of benzene rings is 2. The molecule has 0 bridgehead atoms. The van der Waals surface area contributed by atoms with Crippen LogP contribution in [0.1, 0.15) is 15.9 Å². The normalized spacial score (nSPS) is 9.95. The monoisotopic (exact) mass is 270 g/mol. The molecule has 0 aliphatic heterocycles. The molecule has 2 aromatic carbocycles. The Balaban J connectivity index is 2.29. The highest BCUT2D eigenvalue weighted by Crippen LogP contribution is 2.17. The predicted octanol–water partition coefficient (Wildman–Crippen LogP) is 2.60. The lowest BCUT2D eigenvalue weighted by Gasteiger charge is -2.18. The fourth-order valence-electron chi connectivity index (χ4n) is 1.76. The molecular weight excluding hydrogens is 256 g/mol.